The predicted molar refractivity (Wildman–Crippen MR) is 98.6 cm³/mol. The molecule has 2 N–H and O–H groups in total. The molecule has 1 aromatic carbocycles. The highest BCUT2D eigenvalue weighted by atomic mass is 16.5. The number of nitrogens with one attached hydrogen (secondary N) is 2. The van der Waals surface area contributed by atoms with Gasteiger partial charge in [-0.25, -0.2) is 9.97 Å². The number of hydrogen-bond donors (Lipinski definition) is 2. The van der Waals surface area contributed by atoms with Crippen molar-refractivity contribution in [2.45, 2.75) is 32.4 Å². The van der Waals surface area contributed by atoms with Gasteiger partial charge in [0.2, 0.25) is 0 Å². The van der Waals surface area contributed by atoms with Crippen LogP contribution in [0.25, 0.3) is 0 Å². The highest BCUT2D eigenvalue weighted by Gasteiger charge is 2.28. The molecule has 0 bridgehead atoms. The predicted octanol–water partition coefficient (Wildman–Crippen LogP) is 2.10. The molecule has 2 aromatic rings. The molecule has 1 amide bonds. The van der Waals surface area contributed by atoms with Crippen LogP contribution in [-0.2, 0) is 4.74 Å². The lowest BCUT2D eigenvalue weighted by Crippen LogP contribution is -2.52. The van der Waals surface area contributed by atoms with Crippen LogP contribution in [0.1, 0.15) is 28.2 Å². The topological polar surface area (TPSA) is 85.4 Å². The number of methoxy groups -OCH3 is 1. The lowest BCUT2D eigenvalue weighted by Gasteiger charge is -2.33. The minimum Gasteiger partial charge on any atom is -0.496 e. The van der Waals surface area contributed by atoms with Crippen molar-refractivity contribution in [2.24, 2.45) is 0 Å². The van der Waals surface area contributed by atoms with Crippen LogP contribution >= 0.6 is 0 Å². The molecule has 1 aromatic heterocycles. The van der Waals surface area contributed by atoms with E-state index in [0.717, 1.165) is 17.8 Å². The minimum atomic E-state index is -0.112. The smallest absolute Gasteiger partial charge is 0.251 e. The van der Waals surface area contributed by atoms with Gasteiger partial charge in [0.1, 0.15) is 17.4 Å². The Balaban J connectivity index is 1.73. The van der Waals surface area contributed by atoms with Crippen molar-refractivity contribution in [3.05, 3.63) is 47.4 Å². The van der Waals surface area contributed by atoms with Gasteiger partial charge in [-0.15, -0.1) is 0 Å². The maximum atomic E-state index is 12.8. The maximum absolute atomic E-state index is 12.8. The summed E-state index contributed by atoms with van der Waals surface area (Å²) in [6.07, 6.45) is 2.44. The van der Waals surface area contributed by atoms with Crippen molar-refractivity contribution in [1.82, 2.24) is 15.3 Å². The van der Waals surface area contributed by atoms with Gasteiger partial charge in [-0.05, 0) is 38.5 Å². The van der Waals surface area contributed by atoms with Gasteiger partial charge in [0, 0.05) is 23.9 Å². The van der Waals surface area contributed by atoms with Crippen molar-refractivity contribution in [1.29, 1.82) is 0 Å². The number of nitrogens with zero attached hydrogens (tertiary/aromatic N) is 2. The monoisotopic (exact) mass is 356 g/mol. The maximum Gasteiger partial charge on any atom is 0.251 e. The first-order valence-electron chi connectivity index (χ1n) is 8.67. The Hall–Kier alpha value is -2.67. The summed E-state index contributed by atoms with van der Waals surface area (Å²) in [4.78, 5) is 21.3. The van der Waals surface area contributed by atoms with E-state index in [1.165, 1.54) is 0 Å². The molecule has 0 saturated carbocycles. The van der Waals surface area contributed by atoms with E-state index < -0.39 is 0 Å². The molecule has 0 spiro atoms. The third kappa shape index (κ3) is 4.11. The van der Waals surface area contributed by atoms with Gasteiger partial charge in [0.25, 0.3) is 5.91 Å². The Morgan fingerprint density at radius 3 is 2.88 bits per heavy atom. The van der Waals surface area contributed by atoms with Gasteiger partial charge in [-0.3, -0.25) is 4.79 Å². The molecule has 2 heterocycles. The third-order valence-corrected chi connectivity index (χ3v) is 4.53. The van der Waals surface area contributed by atoms with Crippen LogP contribution in [0, 0.1) is 13.8 Å². The van der Waals surface area contributed by atoms with Crippen LogP contribution in [0.15, 0.2) is 30.5 Å². The second-order valence-electron chi connectivity index (χ2n) is 6.32. The first kappa shape index (κ1) is 18.1. The standard InChI is InChI=1S/C19H24N4O3/c1-12-14(5-4-6-17(12)25-3)19(24)23-15-8-10-26-11-16(15)22-18-7-9-20-13(2)21-18/h4-7,9,15-16H,8,10-11H2,1-3H3,(H,23,24)(H,20,21,22)/t15-,16+/m0/s1. The molecular weight excluding hydrogens is 332 g/mol. The SMILES string of the molecule is COc1cccc(C(=O)N[C@H]2CCOC[C@H]2Nc2ccnc(C)n2)c1C. The molecule has 0 aliphatic carbocycles. The molecule has 3 rings (SSSR count). The number of carbonyl (C=O) groups is 1. The fourth-order valence-corrected chi connectivity index (χ4v) is 3.11. The number of aromatic nitrogens is 2. The van der Waals surface area contributed by atoms with E-state index in [2.05, 4.69) is 20.6 Å². The molecule has 7 heteroatoms. The lowest BCUT2D eigenvalue weighted by molar-refractivity contribution is 0.0619. The summed E-state index contributed by atoms with van der Waals surface area (Å²) in [5, 5.41) is 6.48. The normalized spacial score (nSPS) is 19.7. The number of ether oxygens (including phenoxy) is 2. The molecule has 1 saturated heterocycles. The molecular formula is C19H24N4O3. The molecule has 1 aliphatic heterocycles. The van der Waals surface area contributed by atoms with E-state index in [9.17, 15) is 4.79 Å². The van der Waals surface area contributed by atoms with Gasteiger partial charge in [-0.2, -0.15) is 0 Å². The second kappa shape index (κ2) is 8.14. The van der Waals surface area contributed by atoms with E-state index in [1.807, 2.05) is 38.1 Å². The van der Waals surface area contributed by atoms with Gasteiger partial charge in [0.15, 0.2) is 0 Å². The zero-order chi connectivity index (χ0) is 18.5. The second-order valence-corrected chi connectivity index (χ2v) is 6.32. The molecule has 1 fully saturated rings. The van der Waals surface area contributed by atoms with Crippen LogP contribution in [0.5, 0.6) is 5.75 Å². The molecule has 138 valence electrons. The van der Waals surface area contributed by atoms with Gasteiger partial charge in [0.05, 0.1) is 25.8 Å². The average Bonchev–Trinajstić information content (AvgIpc) is 2.63. The Morgan fingerprint density at radius 1 is 1.27 bits per heavy atom. The molecule has 0 radical (unpaired) electrons. The van der Waals surface area contributed by atoms with Gasteiger partial charge in [-0.1, -0.05) is 6.07 Å². The van der Waals surface area contributed by atoms with Crippen molar-refractivity contribution in [2.75, 3.05) is 25.6 Å². The third-order valence-electron chi connectivity index (χ3n) is 4.53. The van der Waals surface area contributed by atoms with Crippen molar-refractivity contribution in [3.8, 4) is 5.75 Å². The van der Waals surface area contributed by atoms with Crippen LogP contribution in [0.4, 0.5) is 5.82 Å². The van der Waals surface area contributed by atoms with Crippen LogP contribution < -0.4 is 15.4 Å². The number of aryl methyl sites for hydroxylation is 1. The number of carbonyl (C=O) groups excluding carboxylic acids is 1. The largest absolute Gasteiger partial charge is 0.496 e. The zero-order valence-corrected chi connectivity index (χ0v) is 15.3. The molecule has 1 aliphatic rings. The number of rotatable bonds is 5. The number of amides is 1. The van der Waals surface area contributed by atoms with Crippen LogP contribution in [0.2, 0.25) is 0 Å². The molecule has 2 atom stereocenters. The van der Waals surface area contributed by atoms with Crippen molar-refractivity contribution in [3.63, 3.8) is 0 Å². The highest BCUT2D eigenvalue weighted by molar-refractivity contribution is 5.96. The summed E-state index contributed by atoms with van der Waals surface area (Å²) in [6, 6.07) is 7.17. The Kier molecular flexibility index (Phi) is 5.68. The first-order valence-corrected chi connectivity index (χ1v) is 8.67. The summed E-state index contributed by atoms with van der Waals surface area (Å²) in [7, 11) is 1.60. The van der Waals surface area contributed by atoms with Crippen molar-refractivity contribution < 1.29 is 14.3 Å². The van der Waals surface area contributed by atoms with Crippen molar-refractivity contribution >= 4 is 11.7 Å². The highest BCUT2D eigenvalue weighted by Crippen LogP contribution is 2.21. The minimum absolute atomic E-state index is 0.0582. The molecule has 26 heavy (non-hydrogen) atoms. The van der Waals surface area contributed by atoms with E-state index in [1.54, 1.807) is 13.3 Å². The van der Waals surface area contributed by atoms with Gasteiger partial charge < -0.3 is 20.1 Å². The van der Waals surface area contributed by atoms with Crippen LogP contribution in [-0.4, -0.2) is 48.3 Å². The summed E-state index contributed by atoms with van der Waals surface area (Å²) < 4.78 is 10.9. The summed E-state index contributed by atoms with van der Waals surface area (Å²) in [5.41, 5.74) is 1.45. The lowest BCUT2D eigenvalue weighted by atomic mass is 10.0. The molecule has 7 nitrogen and oxygen atoms in total. The Labute approximate surface area is 153 Å². The number of benzene rings is 1. The Morgan fingerprint density at radius 2 is 2.12 bits per heavy atom. The Bertz CT molecular complexity index is 781. The quantitative estimate of drug-likeness (QED) is 0.853. The fraction of sp³-hybridized carbons (Fsp3) is 0.421. The molecule has 0 unspecified atom stereocenters. The summed E-state index contributed by atoms with van der Waals surface area (Å²) >= 11 is 0. The fourth-order valence-electron chi connectivity index (χ4n) is 3.11. The first-order chi connectivity index (χ1) is 12.6. The van der Waals surface area contributed by atoms with E-state index in [-0.39, 0.29) is 18.0 Å². The van der Waals surface area contributed by atoms with E-state index >= 15 is 0 Å². The van der Waals surface area contributed by atoms with Crippen LogP contribution in [0.3, 0.4) is 0 Å². The van der Waals surface area contributed by atoms with Gasteiger partial charge >= 0.3 is 0 Å². The number of anilines is 1. The van der Waals surface area contributed by atoms with E-state index in [4.69, 9.17) is 9.47 Å². The summed E-state index contributed by atoms with van der Waals surface area (Å²) in [5.74, 6) is 2.01. The summed E-state index contributed by atoms with van der Waals surface area (Å²) in [6.45, 7) is 4.85. The zero-order valence-electron chi connectivity index (χ0n) is 15.3. The number of hydrogen-bond acceptors (Lipinski definition) is 6. The van der Waals surface area contributed by atoms with E-state index in [0.29, 0.717) is 30.4 Å². The average molecular weight is 356 g/mol.